The molecule has 124 valence electrons. The summed E-state index contributed by atoms with van der Waals surface area (Å²) in [6, 6.07) is 13.4. The molecule has 0 atom stereocenters. The first kappa shape index (κ1) is 17.1. The van der Waals surface area contributed by atoms with Crippen LogP contribution in [0.25, 0.3) is 10.2 Å². The number of fused-ring (bicyclic) bond motifs is 1. The third-order valence-electron chi connectivity index (χ3n) is 3.32. The van der Waals surface area contributed by atoms with Gasteiger partial charge in [-0.15, -0.1) is 11.3 Å². The van der Waals surface area contributed by atoms with Crippen molar-refractivity contribution >= 4 is 62.2 Å². The monoisotopic (exact) mass is 377 g/mol. The maximum absolute atomic E-state index is 12.3. The molecule has 24 heavy (non-hydrogen) atoms. The number of anilines is 2. The van der Waals surface area contributed by atoms with Crippen molar-refractivity contribution in [1.29, 1.82) is 0 Å². The van der Waals surface area contributed by atoms with Crippen LogP contribution in [0.2, 0.25) is 5.02 Å². The Morgan fingerprint density at radius 2 is 2.08 bits per heavy atom. The second-order valence-electron chi connectivity index (χ2n) is 5.34. The largest absolute Gasteiger partial charge is 0.376 e. The van der Waals surface area contributed by atoms with Crippen molar-refractivity contribution in [3.8, 4) is 0 Å². The molecule has 3 aromatic rings. The fraction of sp³-hybridized carbons (Fsp3) is 0.176. The molecule has 1 amide bonds. The molecule has 1 N–H and O–H groups in total. The van der Waals surface area contributed by atoms with Gasteiger partial charge in [-0.25, -0.2) is 4.98 Å². The smallest absolute Gasteiger partial charge is 0.234 e. The molecule has 0 radical (unpaired) electrons. The number of rotatable bonds is 5. The van der Waals surface area contributed by atoms with Crippen LogP contribution in [0.4, 0.5) is 11.4 Å². The van der Waals surface area contributed by atoms with E-state index in [4.69, 9.17) is 11.6 Å². The van der Waals surface area contributed by atoms with E-state index >= 15 is 0 Å². The van der Waals surface area contributed by atoms with Crippen LogP contribution in [0.1, 0.15) is 0 Å². The van der Waals surface area contributed by atoms with Gasteiger partial charge in [0, 0.05) is 19.1 Å². The number of thioether (sulfide) groups is 1. The molecular formula is C17H16ClN3OS2. The molecule has 0 fully saturated rings. The number of aromatic nitrogens is 1. The minimum atomic E-state index is -0.0791. The minimum Gasteiger partial charge on any atom is -0.376 e. The Hall–Kier alpha value is -1.76. The van der Waals surface area contributed by atoms with Crippen molar-refractivity contribution in [3.05, 3.63) is 47.5 Å². The first-order chi connectivity index (χ1) is 11.5. The Balaban J connectivity index is 1.66. The quantitative estimate of drug-likeness (QED) is 0.652. The summed E-state index contributed by atoms with van der Waals surface area (Å²) in [6.07, 6.45) is 0. The summed E-state index contributed by atoms with van der Waals surface area (Å²) >= 11 is 9.08. The summed E-state index contributed by atoms with van der Waals surface area (Å²) in [4.78, 5) is 18.7. The van der Waals surface area contributed by atoms with Crippen molar-refractivity contribution < 1.29 is 4.79 Å². The lowest BCUT2D eigenvalue weighted by atomic mass is 10.2. The van der Waals surface area contributed by atoms with Gasteiger partial charge < -0.3 is 10.2 Å². The van der Waals surface area contributed by atoms with Crippen molar-refractivity contribution in [2.45, 2.75) is 4.34 Å². The number of carbonyl (C=O) groups excluding carboxylic acids is 1. The van der Waals surface area contributed by atoms with Crippen LogP contribution in [-0.2, 0) is 4.79 Å². The zero-order valence-corrected chi connectivity index (χ0v) is 15.6. The molecule has 0 saturated carbocycles. The molecule has 2 aromatic carbocycles. The second-order valence-corrected chi connectivity index (χ2v) is 8.03. The highest BCUT2D eigenvalue weighted by Crippen LogP contribution is 2.30. The molecule has 7 heteroatoms. The average molecular weight is 378 g/mol. The van der Waals surface area contributed by atoms with Gasteiger partial charge in [0.1, 0.15) is 0 Å². The Morgan fingerprint density at radius 1 is 1.29 bits per heavy atom. The van der Waals surface area contributed by atoms with E-state index in [0.29, 0.717) is 16.5 Å². The summed E-state index contributed by atoms with van der Waals surface area (Å²) in [5.74, 6) is 0.226. The predicted molar refractivity (Wildman–Crippen MR) is 105 cm³/mol. The molecule has 0 aliphatic carbocycles. The van der Waals surface area contributed by atoms with E-state index in [2.05, 4.69) is 10.3 Å². The normalized spacial score (nSPS) is 10.8. The molecule has 1 heterocycles. The van der Waals surface area contributed by atoms with Crippen LogP contribution in [-0.4, -0.2) is 30.7 Å². The zero-order chi connectivity index (χ0) is 17.1. The standard InChI is InChI=1S/C17H16ClN3OS2/c1-21(2)14-8-7-11(18)9-13(14)19-16(22)10-23-17-20-12-5-3-4-6-15(12)24-17/h3-9H,10H2,1-2H3,(H,19,22). The van der Waals surface area contributed by atoms with E-state index in [9.17, 15) is 4.79 Å². The van der Waals surface area contributed by atoms with Crippen LogP contribution in [0.3, 0.4) is 0 Å². The SMILES string of the molecule is CN(C)c1ccc(Cl)cc1NC(=O)CSc1nc2ccccc2s1. The van der Waals surface area contributed by atoms with Crippen LogP contribution >= 0.6 is 34.7 Å². The Bertz CT molecular complexity index is 846. The van der Waals surface area contributed by atoms with E-state index in [1.165, 1.54) is 11.8 Å². The number of carbonyl (C=O) groups is 1. The lowest BCUT2D eigenvalue weighted by molar-refractivity contribution is -0.113. The highest BCUT2D eigenvalue weighted by atomic mass is 35.5. The van der Waals surface area contributed by atoms with E-state index in [1.807, 2.05) is 55.4 Å². The molecule has 0 saturated heterocycles. The maximum atomic E-state index is 12.3. The molecule has 0 aliphatic rings. The van der Waals surface area contributed by atoms with Crippen LogP contribution in [0, 0.1) is 0 Å². The number of halogens is 1. The molecule has 4 nitrogen and oxygen atoms in total. The van der Waals surface area contributed by atoms with E-state index in [-0.39, 0.29) is 5.91 Å². The topological polar surface area (TPSA) is 45.2 Å². The van der Waals surface area contributed by atoms with Crippen molar-refractivity contribution in [1.82, 2.24) is 4.98 Å². The van der Waals surface area contributed by atoms with Gasteiger partial charge in [0.05, 0.1) is 27.3 Å². The lowest BCUT2D eigenvalue weighted by Crippen LogP contribution is -2.18. The molecule has 1 aromatic heterocycles. The number of hydrogen-bond acceptors (Lipinski definition) is 5. The first-order valence-corrected chi connectivity index (χ1v) is 9.46. The highest BCUT2D eigenvalue weighted by Gasteiger charge is 2.11. The molecule has 0 unspecified atom stereocenters. The number of nitrogens with zero attached hydrogens (tertiary/aromatic N) is 2. The van der Waals surface area contributed by atoms with E-state index < -0.39 is 0 Å². The molecule has 0 bridgehead atoms. The van der Waals surface area contributed by atoms with Gasteiger partial charge in [-0.05, 0) is 30.3 Å². The summed E-state index contributed by atoms with van der Waals surface area (Å²) in [5, 5.41) is 3.52. The third kappa shape index (κ3) is 4.01. The van der Waals surface area contributed by atoms with E-state index in [1.54, 1.807) is 17.4 Å². The second kappa shape index (κ2) is 7.42. The fourth-order valence-electron chi connectivity index (χ4n) is 2.22. The Kier molecular flexibility index (Phi) is 5.28. The van der Waals surface area contributed by atoms with Gasteiger partial charge in [-0.2, -0.15) is 0 Å². The highest BCUT2D eigenvalue weighted by molar-refractivity contribution is 8.01. The minimum absolute atomic E-state index is 0.0791. The summed E-state index contributed by atoms with van der Waals surface area (Å²) in [6.45, 7) is 0. The first-order valence-electron chi connectivity index (χ1n) is 7.28. The van der Waals surface area contributed by atoms with Crippen LogP contribution < -0.4 is 10.2 Å². The van der Waals surface area contributed by atoms with Crippen molar-refractivity contribution in [2.24, 2.45) is 0 Å². The van der Waals surface area contributed by atoms with Crippen molar-refractivity contribution in [2.75, 3.05) is 30.1 Å². The van der Waals surface area contributed by atoms with Crippen LogP contribution in [0.15, 0.2) is 46.8 Å². The summed E-state index contributed by atoms with van der Waals surface area (Å²) in [7, 11) is 3.85. The Labute approximate surface area is 153 Å². The van der Waals surface area contributed by atoms with Crippen LogP contribution in [0.5, 0.6) is 0 Å². The van der Waals surface area contributed by atoms with Gasteiger partial charge in [0.2, 0.25) is 5.91 Å². The third-order valence-corrected chi connectivity index (χ3v) is 5.73. The van der Waals surface area contributed by atoms with Gasteiger partial charge >= 0.3 is 0 Å². The van der Waals surface area contributed by atoms with Crippen molar-refractivity contribution in [3.63, 3.8) is 0 Å². The predicted octanol–water partition coefficient (Wildman–Crippen LogP) is 4.75. The average Bonchev–Trinajstić information content (AvgIpc) is 2.95. The summed E-state index contributed by atoms with van der Waals surface area (Å²) < 4.78 is 2.02. The maximum Gasteiger partial charge on any atom is 0.234 e. The molecule has 3 rings (SSSR count). The number of benzene rings is 2. The summed E-state index contributed by atoms with van der Waals surface area (Å²) in [5.41, 5.74) is 2.59. The number of thiazole rings is 1. The molecular weight excluding hydrogens is 362 g/mol. The van der Waals surface area contributed by atoms with Gasteiger partial charge in [0.15, 0.2) is 4.34 Å². The van der Waals surface area contributed by atoms with Gasteiger partial charge in [-0.3, -0.25) is 4.79 Å². The number of para-hydroxylation sites is 1. The molecule has 0 aliphatic heterocycles. The Morgan fingerprint density at radius 3 is 2.83 bits per heavy atom. The zero-order valence-electron chi connectivity index (χ0n) is 13.2. The lowest BCUT2D eigenvalue weighted by Gasteiger charge is -2.18. The van der Waals surface area contributed by atoms with Gasteiger partial charge in [0.25, 0.3) is 0 Å². The van der Waals surface area contributed by atoms with E-state index in [0.717, 1.165) is 20.2 Å². The number of amides is 1. The fourth-order valence-corrected chi connectivity index (χ4v) is 4.27. The number of nitrogens with one attached hydrogen (secondary N) is 1. The molecule has 0 spiro atoms. The number of hydrogen-bond donors (Lipinski definition) is 1. The van der Waals surface area contributed by atoms with Gasteiger partial charge in [-0.1, -0.05) is 35.5 Å².